The number of urea groups is 1. The molecule has 2 amide bonds. The molecule has 1 aromatic heterocycles. The molecule has 1 aliphatic rings. The molecule has 4 rings (SSSR count). The number of aliphatic imine (C=N–C) groups is 1. The lowest BCUT2D eigenvalue weighted by Crippen LogP contribution is -2.39. The molecule has 0 aliphatic carbocycles. The molecule has 2 aromatic carbocycles. The highest BCUT2D eigenvalue weighted by Crippen LogP contribution is 2.21. The van der Waals surface area contributed by atoms with Crippen LogP contribution >= 0.6 is 11.6 Å². The van der Waals surface area contributed by atoms with Crippen LogP contribution in [0.2, 0.25) is 5.02 Å². The summed E-state index contributed by atoms with van der Waals surface area (Å²) in [6, 6.07) is 14.7. The zero-order chi connectivity index (χ0) is 21.1. The number of aromatic nitrogens is 3. The van der Waals surface area contributed by atoms with E-state index in [1.54, 1.807) is 48.5 Å². The third-order valence-electron chi connectivity index (χ3n) is 4.22. The van der Waals surface area contributed by atoms with Crippen molar-refractivity contribution in [3.05, 3.63) is 65.2 Å². The Labute approximate surface area is 175 Å². The highest BCUT2D eigenvalue weighted by Gasteiger charge is 2.26. The van der Waals surface area contributed by atoms with Gasteiger partial charge in [0.1, 0.15) is 0 Å². The van der Waals surface area contributed by atoms with Crippen LogP contribution in [0.15, 0.2) is 59.6 Å². The fourth-order valence-electron chi connectivity index (χ4n) is 2.76. The van der Waals surface area contributed by atoms with Gasteiger partial charge in [0.25, 0.3) is 11.9 Å². The van der Waals surface area contributed by atoms with Crippen LogP contribution in [-0.2, 0) is 0 Å². The summed E-state index contributed by atoms with van der Waals surface area (Å²) in [7, 11) is 0. The van der Waals surface area contributed by atoms with E-state index < -0.39 is 12.3 Å². The van der Waals surface area contributed by atoms with E-state index in [1.165, 1.54) is 4.68 Å². The van der Waals surface area contributed by atoms with Gasteiger partial charge in [-0.05, 0) is 24.3 Å². The maximum atomic E-state index is 12.4. The van der Waals surface area contributed by atoms with Gasteiger partial charge in [0.05, 0.1) is 12.1 Å². The minimum Gasteiger partial charge on any atom is -0.367 e. The monoisotopic (exact) mass is 425 g/mol. The summed E-state index contributed by atoms with van der Waals surface area (Å²) >= 11 is 5.82. The van der Waals surface area contributed by atoms with Gasteiger partial charge in [0.15, 0.2) is 12.0 Å². The number of hydrogen-bond donors (Lipinski definition) is 4. The molecule has 0 spiro atoms. The van der Waals surface area contributed by atoms with Crippen molar-refractivity contribution in [2.75, 3.05) is 16.1 Å². The Morgan fingerprint density at radius 2 is 1.80 bits per heavy atom. The largest absolute Gasteiger partial charge is 0.367 e. The predicted octanol–water partition coefficient (Wildman–Crippen LogP) is 2.80. The van der Waals surface area contributed by atoms with Crippen LogP contribution < -0.4 is 16.1 Å². The fourth-order valence-corrected chi connectivity index (χ4v) is 2.88. The van der Waals surface area contributed by atoms with E-state index in [2.05, 4.69) is 31.2 Å². The van der Waals surface area contributed by atoms with Crippen LogP contribution in [-0.4, -0.2) is 43.7 Å². The second-order valence-corrected chi connectivity index (χ2v) is 6.78. The molecule has 10 nitrogen and oxygen atoms in total. The minimum absolute atomic E-state index is 0.0210. The van der Waals surface area contributed by atoms with Gasteiger partial charge in [0, 0.05) is 16.3 Å². The third kappa shape index (κ3) is 4.29. The van der Waals surface area contributed by atoms with Crippen molar-refractivity contribution < 1.29 is 14.7 Å². The first-order valence-corrected chi connectivity index (χ1v) is 9.27. The first-order valence-electron chi connectivity index (χ1n) is 8.89. The lowest BCUT2D eigenvalue weighted by Gasteiger charge is -2.22. The first-order chi connectivity index (χ1) is 14.5. The second kappa shape index (κ2) is 8.31. The van der Waals surface area contributed by atoms with Crippen LogP contribution in [0.4, 0.5) is 22.4 Å². The van der Waals surface area contributed by atoms with Crippen LogP contribution in [0.3, 0.4) is 0 Å². The average molecular weight is 426 g/mol. The van der Waals surface area contributed by atoms with Gasteiger partial charge >= 0.3 is 6.03 Å². The van der Waals surface area contributed by atoms with E-state index in [0.29, 0.717) is 16.3 Å². The number of carbonyl (C=O) groups excluding carboxylic acids is 2. The van der Waals surface area contributed by atoms with E-state index in [4.69, 9.17) is 11.6 Å². The number of Topliss-reactive ketones (excluding diaryl/α,β-unsaturated/α-hetero) is 1. The van der Waals surface area contributed by atoms with Crippen molar-refractivity contribution in [1.29, 1.82) is 0 Å². The normalized spacial score (nSPS) is 14.9. The van der Waals surface area contributed by atoms with Gasteiger partial charge in [-0.1, -0.05) is 41.9 Å². The Morgan fingerprint density at radius 3 is 2.53 bits per heavy atom. The molecule has 4 N–H and O–H groups in total. The second-order valence-electron chi connectivity index (χ2n) is 6.35. The fraction of sp³-hybridized carbons (Fsp3) is 0.105. The summed E-state index contributed by atoms with van der Waals surface area (Å²) in [6.45, 7) is 0. The molecular formula is C19H16ClN7O3. The quantitative estimate of drug-likeness (QED) is 0.464. The Bertz CT molecular complexity index is 1110. The number of rotatable bonds is 5. The molecule has 0 saturated carbocycles. The molecule has 1 aliphatic heterocycles. The summed E-state index contributed by atoms with van der Waals surface area (Å²) in [5.74, 6) is -0.0745. The molecule has 0 unspecified atom stereocenters. The summed E-state index contributed by atoms with van der Waals surface area (Å²) in [6.07, 6.45) is -1.34. The molecule has 30 heavy (non-hydrogen) atoms. The number of aliphatic hydroxyl groups excluding tert-OH is 1. The van der Waals surface area contributed by atoms with Crippen molar-refractivity contribution >= 4 is 46.7 Å². The van der Waals surface area contributed by atoms with E-state index in [9.17, 15) is 14.7 Å². The molecule has 2 heterocycles. The number of fused-ring (bicyclic) bond motifs is 1. The number of ketones is 1. The highest BCUT2D eigenvalue weighted by molar-refractivity contribution is 6.30. The van der Waals surface area contributed by atoms with Crippen molar-refractivity contribution in [2.24, 2.45) is 4.99 Å². The van der Waals surface area contributed by atoms with Gasteiger partial charge in [-0.3, -0.25) is 15.5 Å². The maximum Gasteiger partial charge on any atom is 0.326 e. The average Bonchev–Trinajstić information content (AvgIpc) is 3.12. The van der Waals surface area contributed by atoms with Crippen molar-refractivity contribution in [3.8, 4) is 0 Å². The number of amides is 2. The minimum atomic E-state index is -1.25. The number of halogens is 1. The van der Waals surface area contributed by atoms with Crippen LogP contribution in [0.1, 0.15) is 16.8 Å². The maximum absolute atomic E-state index is 12.4. The Kier molecular flexibility index (Phi) is 5.42. The summed E-state index contributed by atoms with van der Waals surface area (Å²) < 4.78 is 1.22. The van der Waals surface area contributed by atoms with Gasteiger partial charge in [0.2, 0.25) is 0 Å². The summed E-state index contributed by atoms with van der Waals surface area (Å²) in [5.41, 5.74) is 3.94. The van der Waals surface area contributed by atoms with Crippen LogP contribution in [0.25, 0.3) is 0 Å². The Balaban J connectivity index is 1.46. The van der Waals surface area contributed by atoms with Crippen molar-refractivity contribution in [1.82, 2.24) is 14.9 Å². The smallest absolute Gasteiger partial charge is 0.326 e. The van der Waals surface area contributed by atoms with Gasteiger partial charge in [-0.25, -0.2) is 9.79 Å². The number of benzene rings is 2. The topological polar surface area (TPSA) is 134 Å². The van der Waals surface area contributed by atoms with E-state index in [0.717, 1.165) is 0 Å². The van der Waals surface area contributed by atoms with Gasteiger partial charge < -0.3 is 10.4 Å². The van der Waals surface area contributed by atoms with Crippen LogP contribution in [0, 0.1) is 0 Å². The number of aliphatic hydroxyl groups is 1. The lowest BCUT2D eigenvalue weighted by molar-refractivity contribution is 0.0996. The number of anilines is 2. The SMILES string of the molecule is O=C(Nc1ccc(Cl)cc1)Nc1nnc2n1N[C@@H](O)C(CC(=O)c1ccccc1)=N2. The highest BCUT2D eigenvalue weighted by atomic mass is 35.5. The molecule has 0 saturated heterocycles. The number of hydrogen-bond acceptors (Lipinski definition) is 7. The molecular weight excluding hydrogens is 410 g/mol. The number of nitrogens with one attached hydrogen (secondary N) is 3. The lowest BCUT2D eigenvalue weighted by atomic mass is 10.0. The zero-order valence-corrected chi connectivity index (χ0v) is 16.2. The van der Waals surface area contributed by atoms with E-state index >= 15 is 0 Å². The van der Waals surface area contributed by atoms with Gasteiger partial charge in [-0.2, -0.15) is 4.68 Å². The molecule has 11 heteroatoms. The Morgan fingerprint density at radius 1 is 1.07 bits per heavy atom. The molecule has 0 radical (unpaired) electrons. The third-order valence-corrected chi connectivity index (χ3v) is 4.47. The molecule has 3 aromatic rings. The van der Waals surface area contributed by atoms with Gasteiger partial charge in [-0.15, -0.1) is 10.2 Å². The molecule has 0 bridgehead atoms. The number of carbonyl (C=O) groups is 2. The zero-order valence-electron chi connectivity index (χ0n) is 15.4. The van der Waals surface area contributed by atoms with E-state index in [-0.39, 0.29) is 29.8 Å². The summed E-state index contributed by atoms with van der Waals surface area (Å²) in [5, 5.41) is 23.7. The standard InChI is InChI=1S/C19H16ClN7O3/c20-12-6-8-13(9-7-12)21-19(30)23-18-25-24-17-22-14(16(29)26-27(17)18)10-15(28)11-4-2-1-3-5-11/h1-9,16,26,29H,10H2,(H2,21,23,25,30)/t16-/m0/s1. The van der Waals surface area contributed by atoms with Crippen LogP contribution in [0.5, 0.6) is 0 Å². The number of nitrogens with zero attached hydrogens (tertiary/aromatic N) is 4. The van der Waals surface area contributed by atoms with E-state index in [1.807, 2.05) is 6.07 Å². The predicted molar refractivity (Wildman–Crippen MR) is 112 cm³/mol. The summed E-state index contributed by atoms with van der Waals surface area (Å²) in [4.78, 5) is 28.8. The van der Waals surface area contributed by atoms with Crippen molar-refractivity contribution in [3.63, 3.8) is 0 Å². The Hall–Kier alpha value is -3.76. The molecule has 0 fully saturated rings. The molecule has 152 valence electrons. The van der Waals surface area contributed by atoms with Crippen molar-refractivity contribution in [2.45, 2.75) is 12.6 Å². The first kappa shape index (κ1) is 19.6. The molecule has 1 atom stereocenters.